The van der Waals surface area contributed by atoms with Gasteiger partial charge in [-0.05, 0) is 13.3 Å². The standard InChI is InChI=1S/C9H17NO.C2H6/c1-8(2)10(4)6-5-9(3)7-11;1-2/h7,9H,1,5-6H2,2-4H3;1-2H3. The van der Waals surface area contributed by atoms with Gasteiger partial charge in [-0.25, -0.2) is 0 Å². The van der Waals surface area contributed by atoms with Crippen LogP contribution in [0.2, 0.25) is 0 Å². The van der Waals surface area contributed by atoms with Crippen molar-refractivity contribution in [3.05, 3.63) is 12.3 Å². The summed E-state index contributed by atoms with van der Waals surface area (Å²) in [5.41, 5.74) is 1.04. The molecule has 2 nitrogen and oxygen atoms in total. The van der Waals surface area contributed by atoms with Gasteiger partial charge in [-0.2, -0.15) is 0 Å². The number of allylic oxidation sites excluding steroid dienone is 1. The number of carbonyl (C=O) groups is 1. The van der Waals surface area contributed by atoms with Crippen LogP contribution in [-0.4, -0.2) is 24.8 Å². The fraction of sp³-hybridized carbons (Fsp3) is 0.727. The highest BCUT2D eigenvalue weighted by Gasteiger charge is 2.01. The molecule has 0 spiro atoms. The van der Waals surface area contributed by atoms with Crippen molar-refractivity contribution in [1.82, 2.24) is 4.90 Å². The van der Waals surface area contributed by atoms with Crippen LogP contribution in [-0.2, 0) is 4.79 Å². The first-order valence-corrected chi connectivity index (χ1v) is 4.90. The van der Waals surface area contributed by atoms with E-state index in [0.29, 0.717) is 0 Å². The van der Waals surface area contributed by atoms with Gasteiger partial charge < -0.3 is 9.69 Å². The summed E-state index contributed by atoms with van der Waals surface area (Å²) >= 11 is 0. The summed E-state index contributed by atoms with van der Waals surface area (Å²) in [6, 6.07) is 0. The van der Waals surface area contributed by atoms with Crippen molar-refractivity contribution >= 4 is 6.29 Å². The molecule has 0 aromatic carbocycles. The Kier molecular flexibility index (Phi) is 10.5. The second-order valence-electron chi connectivity index (χ2n) is 3.06. The zero-order chi connectivity index (χ0) is 10.9. The molecule has 0 aliphatic heterocycles. The van der Waals surface area contributed by atoms with Crippen LogP contribution >= 0.6 is 0 Å². The molecule has 1 atom stereocenters. The summed E-state index contributed by atoms with van der Waals surface area (Å²) in [7, 11) is 1.99. The van der Waals surface area contributed by atoms with Gasteiger partial charge in [-0.15, -0.1) is 0 Å². The Balaban J connectivity index is 0. The largest absolute Gasteiger partial charge is 0.379 e. The number of hydrogen-bond acceptors (Lipinski definition) is 2. The van der Waals surface area contributed by atoms with Crippen molar-refractivity contribution in [3.8, 4) is 0 Å². The molecular formula is C11H23NO. The van der Waals surface area contributed by atoms with Crippen LogP contribution in [0.4, 0.5) is 0 Å². The van der Waals surface area contributed by atoms with E-state index in [0.717, 1.165) is 24.9 Å². The highest BCUT2D eigenvalue weighted by Crippen LogP contribution is 2.02. The SMILES string of the molecule is C=C(C)N(C)CCC(C)C=O.CC. The number of carbonyl (C=O) groups excluding carboxylic acids is 1. The van der Waals surface area contributed by atoms with E-state index in [-0.39, 0.29) is 5.92 Å². The van der Waals surface area contributed by atoms with Crippen LogP contribution < -0.4 is 0 Å². The zero-order valence-electron chi connectivity index (χ0n) is 9.63. The van der Waals surface area contributed by atoms with E-state index in [9.17, 15) is 4.79 Å². The topological polar surface area (TPSA) is 20.3 Å². The molecule has 0 aromatic heterocycles. The first-order chi connectivity index (χ1) is 6.07. The molecular weight excluding hydrogens is 162 g/mol. The van der Waals surface area contributed by atoms with Gasteiger partial charge in [0, 0.05) is 25.2 Å². The summed E-state index contributed by atoms with van der Waals surface area (Å²) in [4.78, 5) is 12.3. The fourth-order valence-electron chi connectivity index (χ4n) is 0.656. The second-order valence-corrected chi connectivity index (χ2v) is 3.06. The number of rotatable bonds is 5. The summed E-state index contributed by atoms with van der Waals surface area (Å²) in [6.45, 7) is 12.6. The monoisotopic (exact) mass is 185 g/mol. The zero-order valence-corrected chi connectivity index (χ0v) is 9.63. The van der Waals surface area contributed by atoms with Crippen LogP contribution in [0.1, 0.15) is 34.1 Å². The van der Waals surface area contributed by atoms with Gasteiger partial charge in [0.1, 0.15) is 6.29 Å². The average Bonchev–Trinajstić information content (AvgIpc) is 2.16. The minimum Gasteiger partial charge on any atom is -0.379 e. The van der Waals surface area contributed by atoms with Gasteiger partial charge in [-0.1, -0.05) is 27.4 Å². The molecule has 2 heteroatoms. The fourth-order valence-corrected chi connectivity index (χ4v) is 0.656. The lowest BCUT2D eigenvalue weighted by molar-refractivity contribution is -0.110. The third-order valence-electron chi connectivity index (χ3n) is 1.80. The van der Waals surface area contributed by atoms with Crippen molar-refractivity contribution in [2.24, 2.45) is 5.92 Å². The van der Waals surface area contributed by atoms with Crippen LogP contribution in [0.5, 0.6) is 0 Å². The predicted molar refractivity (Wildman–Crippen MR) is 58.6 cm³/mol. The Morgan fingerprint density at radius 1 is 1.54 bits per heavy atom. The highest BCUT2D eigenvalue weighted by atomic mass is 16.1. The molecule has 0 radical (unpaired) electrons. The van der Waals surface area contributed by atoms with E-state index in [1.807, 2.05) is 34.7 Å². The van der Waals surface area contributed by atoms with Crippen molar-refractivity contribution in [2.45, 2.75) is 34.1 Å². The maximum Gasteiger partial charge on any atom is 0.122 e. The van der Waals surface area contributed by atoms with E-state index in [1.165, 1.54) is 0 Å². The Bertz CT molecular complexity index is 143. The third kappa shape index (κ3) is 9.12. The van der Waals surface area contributed by atoms with Gasteiger partial charge in [0.05, 0.1) is 0 Å². The molecule has 0 rings (SSSR count). The molecule has 0 bridgehead atoms. The molecule has 0 heterocycles. The van der Waals surface area contributed by atoms with Crippen LogP contribution in [0.25, 0.3) is 0 Å². The Morgan fingerprint density at radius 2 is 2.00 bits per heavy atom. The first-order valence-electron chi connectivity index (χ1n) is 4.90. The summed E-state index contributed by atoms with van der Waals surface area (Å²) in [6.07, 6.45) is 1.90. The van der Waals surface area contributed by atoms with Gasteiger partial charge >= 0.3 is 0 Å². The summed E-state index contributed by atoms with van der Waals surface area (Å²) < 4.78 is 0. The third-order valence-corrected chi connectivity index (χ3v) is 1.80. The molecule has 0 fully saturated rings. The summed E-state index contributed by atoms with van der Waals surface area (Å²) in [5.74, 6) is 0.164. The quantitative estimate of drug-likeness (QED) is 0.614. The maximum atomic E-state index is 10.2. The van der Waals surface area contributed by atoms with Crippen molar-refractivity contribution in [2.75, 3.05) is 13.6 Å². The number of aldehydes is 1. The van der Waals surface area contributed by atoms with Crippen LogP contribution in [0.15, 0.2) is 12.3 Å². The lowest BCUT2D eigenvalue weighted by atomic mass is 10.1. The van der Waals surface area contributed by atoms with Gasteiger partial charge in [0.2, 0.25) is 0 Å². The molecule has 0 saturated heterocycles. The van der Waals surface area contributed by atoms with E-state index in [2.05, 4.69) is 11.5 Å². The molecule has 13 heavy (non-hydrogen) atoms. The summed E-state index contributed by atoms with van der Waals surface area (Å²) in [5, 5.41) is 0. The Hall–Kier alpha value is -0.790. The molecule has 0 aliphatic carbocycles. The molecule has 0 saturated carbocycles. The minimum atomic E-state index is 0.164. The van der Waals surface area contributed by atoms with E-state index in [4.69, 9.17) is 0 Å². The van der Waals surface area contributed by atoms with Crippen molar-refractivity contribution < 1.29 is 4.79 Å². The van der Waals surface area contributed by atoms with Crippen LogP contribution in [0.3, 0.4) is 0 Å². The van der Waals surface area contributed by atoms with Gasteiger partial charge in [-0.3, -0.25) is 0 Å². The van der Waals surface area contributed by atoms with Crippen LogP contribution in [0, 0.1) is 5.92 Å². The Morgan fingerprint density at radius 3 is 2.31 bits per heavy atom. The van der Waals surface area contributed by atoms with Gasteiger partial charge in [0.25, 0.3) is 0 Å². The molecule has 78 valence electrons. The molecule has 0 aliphatic rings. The molecule has 0 N–H and O–H groups in total. The van der Waals surface area contributed by atoms with E-state index in [1.54, 1.807) is 0 Å². The molecule has 1 unspecified atom stereocenters. The normalized spacial score (nSPS) is 10.8. The van der Waals surface area contributed by atoms with E-state index >= 15 is 0 Å². The lowest BCUT2D eigenvalue weighted by Gasteiger charge is -2.19. The predicted octanol–water partition coefficient (Wildman–Crippen LogP) is 2.70. The first kappa shape index (κ1) is 14.7. The number of nitrogens with zero attached hydrogens (tertiary/aromatic N) is 1. The second kappa shape index (κ2) is 9.30. The molecule has 0 amide bonds. The van der Waals surface area contributed by atoms with Crippen molar-refractivity contribution in [3.63, 3.8) is 0 Å². The lowest BCUT2D eigenvalue weighted by Crippen LogP contribution is -2.18. The van der Waals surface area contributed by atoms with Gasteiger partial charge in [0.15, 0.2) is 0 Å². The average molecular weight is 185 g/mol. The smallest absolute Gasteiger partial charge is 0.122 e. The Labute approximate surface area is 82.6 Å². The molecule has 0 aromatic rings. The number of hydrogen-bond donors (Lipinski definition) is 0. The minimum absolute atomic E-state index is 0.164. The highest BCUT2D eigenvalue weighted by molar-refractivity contribution is 5.52. The maximum absolute atomic E-state index is 10.2. The van der Waals surface area contributed by atoms with Crippen molar-refractivity contribution in [1.29, 1.82) is 0 Å². The van der Waals surface area contributed by atoms with E-state index < -0.39 is 0 Å².